The van der Waals surface area contributed by atoms with Crippen LogP contribution in [0.25, 0.3) is 0 Å². The second-order valence-corrected chi connectivity index (χ2v) is 6.55. The predicted octanol–water partition coefficient (Wildman–Crippen LogP) is 3.14. The molecule has 0 unspecified atom stereocenters. The fourth-order valence-corrected chi connectivity index (χ4v) is 2.61. The lowest BCUT2D eigenvalue weighted by Crippen LogP contribution is -2.27. The fraction of sp³-hybridized carbons (Fsp3) is 0.714. The minimum absolute atomic E-state index is 0.513. The number of alkyl halides is 1. The third-order valence-corrected chi connectivity index (χ3v) is 4.12. The molecule has 0 aliphatic carbocycles. The summed E-state index contributed by atoms with van der Waals surface area (Å²) >= 11 is 5.50. The SMILES string of the molecule is CCN(CCOCCOCCOCCOCCOCCCl)c1cccc(C)c1. The molecule has 1 aromatic carbocycles. The first-order valence-corrected chi connectivity index (χ1v) is 10.6. The van der Waals surface area contributed by atoms with Crippen molar-refractivity contribution in [1.29, 1.82) is 0 Å². The summed E-state index contributed by atoms with van der Waals surface area (Å²) in [6.07, 6.45) is 0. The van der Waals surface area contributed by atoms with Gasteiger partial charge < -0.3 is 28.6 Å². The zero-order valence-electron chi connectivity index (χ0n) is 17.4. The molecule has 0 fully saturated rings. The summed E-state index contributed by atoms with van der Waals surface area (Å²) < 4.78 is 27.2. The van der Waals surface area contributed by atoms with Crippen LogP contribution in [0.15, 0.2) is 24.3 Å². The molecule has 162 valence electrons. The highest BCUT2D eigenvalue weighted by Crippen LogP contribution is 2.15. The molecule has 0 heterocycles. The van der Waals surface area contributed by atoms with Crippen LogP contribution in [-0.4, -0.2) is 85.0 Å². The molecular formula is C21H36ClNO5. The maximum atomic E-state index is 5.67. The van der Waals surface area contributed by atoms with Crippen molar-refractivity contribution in [3.63, 3.8) is 0 Å². The van der Waals surface area contributed by atoms with Gasteiger partial charge in [0.2, 0.25) is 0 Å². The van der Waals surface area contributed by atoms with E-state index in [0.29, 0.717) is 71.9 Å². The first-order valence-electron chi connectivity index (χ1n) is 10.0. The van der Waals surface area contributed by atoms with Crippen LogP contribution in [0.3, 0.4) is 0 Å². The Hall–Kier alpha value is -0.890. The van der Waals surface area contributed by atoms with Gasteiger partial charge >= 0.3 is 0 Å². The lowest BCUT2D eigenvalue weighted by molar-refractivity contribution is -0.00961. The van der Waals surface area contributed by atoms with Gasteiger partial charge in [-0.25, -0.2) is 0 Å². The Bertz CT molecular complexity index is 478. The van der Waals surface area contributed by atoms with E-state index in [1.54, 1.807) is 0 Å². The molecule has 6 nitrogen and oxygen atoms in total. The van der Waals surface area contributed by atoms with Crippen LogP contribution in [0.4, 0.5) is 5.69 Å². The van der Waals surface area contributed by atoms with Gasteiger partial charge in [0.1, 0.15) is 0 Å². The van der Waals surface area contributed by atoms with Crippen molar-refractivity contribution >= 4 is 17.3 Å². The van der Waals surface area contributed by atoms with Gasteiger partial charge in [-0.2, -0.15) is 0 Å². The van der Waals surface area contributed by atoms with Gasteiger partial charge in [0, 0.05) is 24.7 Å². The van der Waals surface area contributed by atoms with E-state index in [2.05, 4.69) is 43.0 Å². The van der Waals surface area contributed by atoms with Crippen molar-refractivity contribution in [1.82, 2.24) is 0 Å². The maximum Gasteiger partial charge on any atom is 0.0701 e. The molecule has 0 atom stereocenters. The molecule has 0 saturated carbocycles. The molecular weight excluding hydrogens is 382 g/mol. The Labute approximate surface area is 175 Å². The Balaban J connectivity index is 1.86. The van der Waals surface area contributed by atoms with E-state index in [0.717, 1.165) is 13.1 Å². The number of ether oxygens (including phenoxy) is 5. The number of benzene rings is 1. The molecule has 0 saturated heterocycles. The highest BCUT2D eigenvalue weighted by atomic mass is 35.5. The molecule has 0 spiro atoms. The monoisotopic (exact) mass is 417 g/mol. The third-order valence-electron chi connectivity index (χ3n) is 3.96. The number of anilines is 1. The van der Waals surface area contributed by atoms with Crippen molar-refractivity contribution in [2.24, 2.45) is 0 Å². The number of hydrogen-bond donors (Lipinski definition) is 0. The van der Waals surface area contributed by atoms with Gasteiger partial charge in [-0.15, -0.1) is 11.6 Å². The molecule has 0 aromatic heterocycles. The van der Waals surface area contributed by atoms with Crippen molar-refractivity contribution in [3.8, 4) is 0 Å². The molecule has 0 N–H and O–H groups in total. The standard InChI is InChI=1S/C21H36ClNO5/c1-3-23(21-6-4-5-20(2)19-21)8-10-25-12-14-27-16-18-28-17-15-26-13-11-24-9-7-22/h4-6,19H,3,7-18H2,1-2H3. The van der Waals surface area contributed by atoms with Crippen LogP contribution in [0.5, 0.6) is 0 Å². The van der Waals surface area contributed by atoms with E-state index in [-0.39, 0.29) is 0 Å². The number of hydrogen-bond acceptors (Lipinski definition) is 6. The van der Waals surface area contributed by atoms with Crippen LogP contribution in [0.2, 0.25) is 0 Å². The second kappa shape index (κ2) is 18.2. The Morgan fingerprint density at radius 2 is 1.25 bits per heavy atom. The number of likely N-dealkylation sites (N-methyl/N-ethyl adjacent to an activating group) is 1. The number of halogens is 1. The quantitative estimate of drug-likeness (QED) is 0.254. The molecule has 7 heteroatoms. The zero-order chi connectivity index (χ0) is 20.3. The van der Waals surface area contributed by atoms with Crippen molar-refractivity contribution in [2.45, 2.75) is 13.8 Å². The van der Waals surface area contributed by atoms with Crippen LogP contribution >= 0.6 is 11.6 Å². The largest absolute Gasteiger partial charge is 0.378 e. The third kappa shape index (κ3) is 13.3. The van der Waals surface area contributed by atoms with Crippen molar-refractivity contribution in [3.05, 3.63) is 29.8 Å². The lowest BCUT2D eigenvalue weighted by Gasteiger charge is -2.23. The van der Waals surface area contributed by atoms with Crippen LogP contribution < -0.4 is 4.90 Å². The molecule has 0 amide bonds. The average molecular weight is 418 g/mol. The summed E-state index contributed by atoms with van der Waals surface area (Å²) in [7, 11) is 0. The fourth-order valence-electron chi connectivity index (χ4n) is 2.51. The highest BCUT2D eigenvalue weighted by molar-refractivity contribution is 6.17. The van der Waals surface area contributed by atoms with Crippen LogP contribution in [0, 0.1) is 6.92 Å². The summed E-state index contributed by atoms with van der Waals surface area (Å²) in [6.45, 7) is 11.9. The van der Waals surface area contributed by atoms with Gasteiger partial charge in [0.05, 0.1) is 66.1 Å². The van der Waals surface area contributed by atoms with E-state index >= 15 is 0 Å². The lowest BCUT2D eigenvalue weighted by atomic mass is 10.2. The molecule has 1 aromatic rings. The minimum Gasteiger partial charge on any atom is -0.378 e. The van der Waals surface area contributed by atoms with Crippen molar-refractivity contribution < 1.29 is 23.7 Å². The molecule has 1 rings (SSSR count). The smallest absolute Gasteiger partial charge is 0.0701 e. The summed E-state index contributed by atoms with van der Waals surface area (Å²) in [5, 5.41) is 0. The van der Waals surface area contributed by atoms with Crippen LogP contribution in [-0.2, 0) is 23.7 Å². The van der Waals surface area contributed by atoms with Crippen molar-refractivity contribution in [2.75, 3.05) is 89.9 Å². The van der Waals surface area contributed by atoms with E-state index in [4.69, 9.17) is 35.3 Å². The number of rotatable bonds is 19. The summed E-state index contributed by atoms with van der Waals surface area (Å²) in [5.41, 5.74) is 2.52. The Morgan fingerprint density at radius 1 is 0.750 bits per heavy atom. The van der Waals surface area contributed by atoms with Gasteiger partial charge in [-0.3, -0.25) is 0 Å². The van der Waals surface area contributed by atoms with Gasteiger partial charge in [0.25, 0.3) is 0 Å². The molecule has 0 aliphatic heterocycles. The summed E-state index contributed by atoms with van der Waals surface area (Å²) in [6, 6.07) is 8.54. The van der Waals surface area contributed by atoms with E-state index in [1.807, 2.05) is 0 Å². The van der Waals surface area contributed by atoms with E-state index in [9.17, 15) is 0 Å². The second-order valence-electron chi connectivity index (χ2n) is 6.17. The number of aryl methyl sites for hydroxylation is 1. The molecule has 0 bridgehead atoms. The average Bonchev–Trinajstić information content (AvgIpc) is 2.70. The Kier molecular flexibility index (Phi) is 16.3. The summed E-state index contributed by atoms with van der Waals surface area (Å²) in [4.78, 5) is 2.31. The van der Waals surface area contributed by atoms with Gasteiger partial charge in [-0.1, -0.05) is 12.1 Å². The highest BCUT2D eigenvalue weighted by Gasteiger charge is 2.04. The Morgan fingerprint density at radius 3 is 1.71 bits per heavy atom. The van der Waals surface area contributed by atoms with E-state index in [1.165, 1.54) is 11.3 Å². The number of nitrogens with zero attached hydrogens (tertiary/aromatic N) is 1. The molecule has 0 aliphatic rings. The first-order chi connectivity index (χ1) is 13.8. The maximum absolute atomic E-state index is 5.67. The zero-order valence-corrected chi connectivity index (χ0v) is 18.1. The minimum atomic E-state index is 0.513. The topological polar surface area (TPSA) is 49.4 Å². The van der Waals surface area contributed by atoms with Crippen LogP contribution in [0.1, 0.15) is 12.5 Å². The normalized spacial score (nSPS) is 11.1. The molecule has 28 heavy (non-hydrogen) atoms. The summed E-state index contributed by atoms with van der Waals surface area (Å²) in [5.74, 6) is 0.513. The van der Waals surface area contributed by atoms with E-state index < -0.39 is 0 Å². The predicted molar refractivity (Wildman–Crippen MR) is 114 cm³/mol. The van der Waals surface area contributed by atoms with Gasteiger partial charge in [-0.05, 0) is 31.5 Å². The van der Waals surface area contributed by atoms with Gasteiger partial charge in [0.15, 0.2) is 0 Å². The molecule has 0 radical (unpaired) electrons. The first kappa shape index (κ1) is 25.1.